The minimum absolute atomic E-state index is 0.194. The molecule has 0 spiro atoms. The summed E-state index contributed by atoms with van der Waals surface area (Å²) >= 11 is 1.72. The molecule has 1 heterocycles. The molecule has 0 radical (unpaired) electrons. The van der Waals surface area contributed by atoms with E-state index in [2.05, 4.69) is 25.6 Å². The second-order valence-electron chi connectivity index (χ2n) is 5.42. The molecule has 88 valence electrons. The van der Waals surface area contributed by atoms with E-state index in [0.717, 1.165) is 10.5 Å². The first kappa shape index (κ1) is 12.5. The molecule has 1 unspecified atom stereocenters. The van der Waals surface area contributed by atoms with Gasteiger partial charge in [-0.25, -0.2) is 0 Å². The predicted molar refractivity (Wildman–Crippen MR) is 76.2 cm³/mol. The number of hydrogen-bond donors (Lipinski definition) is 0. The van der Waals surface area contributed by atoms with Crippen molar-refractivity contribution in [2.75, 3.05) is 0 Å². The van der Waals surface area contributed by atoms with Gasteiger partial charge in [-0.15, -0.1) is 18.2 Å². The van der Waals surface area contributed by atoms with Crippen molar-refractivity contribution in [3.8, 4) is 12.3 Å². The zero-order valence-corrected chi connectivity index (χ0v) is 12.2. The second kappa shape index (κ2) is 4.04. The molecule has 1 aliphatic rings. The minimum Gasteiger partial charge on any atom is -0.294 e. The van der Waals surface area contributed by atoms with Gasteiger partial charge in [0.05, 0.1) is 12.4 Å². The topological polar surface area (TPSA) is 17.1 Å². The van der Waals surface area contributed by atoms with Crippen molar-refractivity contribution >= 4 is 25.6 Å². The Morgan fingerprint density at radius 3 is 2.59 bits per heavy atom. The number of thioether (sulfide) groups is 1. The van der Waals surface area contributed by atoms with Gasteiger partial charge in [-0.3, -0.25) is 4.79 Å². The first-order chi connectivity index (χ1) is 7.89. The average molecular weight is 260 g/mol. The lowest BCUT2D eigenvalue weighted by molar-refractivity contribution is 0.0976. The third-order valence-electron chi connectivity index (χ3n) is 3.33. The van der Waals surface area contributed by atoms with Crippen LogP contribution >= 0.6 is 11.8 Å². The highest BCUT2D eigenvalue weighted by Gasteiger charge is 2.47. The van der Waals surface area contributed by atoms with Crippen molar-refractivity contribution in [2.45, 2.75) is 35.3 Å². The van der Waals surface area contributed by atoms with Crippen LogP contribution in [-0.4, -0.2) is 18.2 Å². The van der Waals surface area contributed by atoms with Gasteiger partial charge in [0.2, 0.25) is 0 Å². The Morgan fingerprint density at radius 2 is 2.00 bits per heavy atom. The third kappa shape index (κ3) is 1.96. The molecule has 0 fully saturated rings. The van der Waals surface area contributed by atoms with E-state index in [1.807, 2.05) is 24.3 Å². The molecule has 0 saturated heterocycles. The summed E-state index contributed by atoms with van der Waals surface area (Å²) in [4.78, 5) is 13.3. The summed E-state index contributed by atoms with van der Waals surface area (Å²) in [6, 6.07) is 7.78. The number of carbonyl (C=O) groups is 1. The highest BCUT2D eigenvalue weighted by atomic mass is 32.2. The lowest BCUT2D eigenvalue weighted by atomic mass is 10.1. The Bertz CT molecular complexity index is 510. The lowest BCUT2D eigenvalue weighted by Crippen LogP contribution is -2.51. The largest absolute Gasteiger partial charge is 0.294 e. The van der Waals surface area contributed by atoms with Crippen LogP contribution in [0, 0.1) is 12.3 Å². The monoisotopic (exact) mass is 260 g/mol. The Kier molecular flexibility index (Phi) is 2.97. The SMILES string of the molecule is C#CC1([Si](C)(C)C)CC(=O)c2ccccc2S1. The fourth-order valence-corrected chi connectivity index (χ4v) is 5.80. The van der Waals surface area contributed by atoms with Crippen LogP contribution in [0.3, 0.4) is 0 Å². The summed E-state index contributed by atoms with van der Waals surface area (Å²) in [6.07, 6.45) is 6.24. The highest BCUT2D eigenvalue weighted by molar-refractivity contribution is 8.03. The van der Waals surface area contributed by atoms with Gasteiger partial charge in [0.25, 0.3) is 0 Å². The average Bonchev–Trinajstić information content (AvgIpc) is 2.27. The zero-order chi connectivity index (χ0) is 12.7. The molecule has 3 heteroatoms. The molecule has 1 aromatic carbocycles. The van der Waals surface area contributed by atoms with Crippen LogP contribution in [0.4, 0.5) is 0 Å². The summed E-state index contributed by atoms with van der Waals surface area (Å²) in [7, 11) is -1.61. The molecular weight excluding hydrogens is 244 g/mol. The maximum absolute atomic E-state index is 12.2. The molecule has 17 heavy (non-hydrogen) atoms. The first-order valence-electron chi connectivity index (χ1n) is 5.69. The van der Waals surface area contributed by atoms with E-state index in [-0.39, 0.29) is 10.2 Å². The number of hydrogen-bond acceptors (Lipinski definition) is 2. The predicted octanol–water partition coefficient (Wildman–Crippen LogP) is 3.61. The Morgan fingerprint density at radius 1 is 1.35 bits per heavy atom. The van der Waals surface area contributed by atoms with Crippen molar-refractivity contribution in [2.24, 2.45) is 0 Å². The lowest BCUT2D eigenvalue weighted by Gasteiger charge is -2.41. The summed E-state index contributed by atoms with van der Waals surface area (Å²) in [5.41, 5.74) is 0.835. The molecule has 0 bridgehead atoms. The molecule has 0 aromatic heterocycles. The van der Waals surface area contributed by atoms with Crippen molar-refractivity contribution < 1.29 is 4.79 Å². The van der Waals surface area contributed by atoms with Gasteiger partial charge in [0.1, 0.15) is 0 Å². The summed E-state index contributed by atoms with van der Waals surface area (Å²) in [5.74, 6) is 3.13. The fourth-order valence-electron chi connectivity index (χ4n) is 2.05. The van der Waals surface area contributed by atoms with E-state index >= 15 is 0 Å². The summed E-state index contributed by atoms with van der Waals surface area (Å²) in [6.45, 7) is 6.71. The molecule has 2 rings (SSSR count). The number of ketones is 1. The molecule has 0 amide bonds. The molecular formula is C14H16OSSi. The van der Waals surface area contributed by atoms with Gasteiger partial charge in [-0.05, 0) is 6.07 Å². The van der Waals surface area contributed by atoms with E-state index in [4.69, 9.17) is 6.42 Å². The Balaban J connectivity index is 2.53. The number of rotatable bonds is 1. The van der Waals surface area contributed by atoms with E-state index < -0.39 is 8.07 Å². The molecule has 0 saturated carbocycles. The Labute approximate surface area is 108 Å². The first-order valence-corrected chi connectivity index (χ1v) is 10.0. The van der Waals surface area contributed by atoms with Crippen molar-refractivity contribution in [1.29, 1.82) is 0 Å². The molecule has 0 aliphatic carbocycles. The normalized spacial score (nSPS) is 24.0. The fraction of sp³-hybridized carbons (Fsp3) is 0.357. The van der Waals surface area contributed by atoms with Crippen LogP contribution < -0.4 is 0 Å². The van der Waals surface area contributed by atoms with Gasteiger partial charge >= 0.3 is 0 Å². The number of carbonyl (C=O) groups excluding carboxylic acids is 1. The van der Waals surface area contributed by atoms with Crippen LogP contribution in [0.5, 0.6) is 0 Å². The number of terminal acetylenes is 1. The number of Topliss-reactive ketones (excluding diaryl/α,β-unsaturated/α-hetero) is 1. The van der Waals surface area contributed by atoms with Gasteiger partial charge in [0.15, 0.2) is 5.78 Å². The molecule has 1 nitrogen and oxygen atoms in total. The summed E-state index contributed by atoms with van der Waals surface area (Å²) < 4.78 is -0.293. The minimum atomic E-state index is -1.61. The highest BCUT2D eigenvalue weighted by Crippen LogP contribution is 2.47. The zero-order valence-electron chi connectivity index (χ0n) is 10.4. The van der Waals surface area contributed by atoms with E-state index in [1.54, 1.807) is 11.8 Å². The van der Waals surface area contributed by atoms with E-state index in [0.29, 0.717) is 6.42 Å². The number of benzene rings is 1. The van der Waals surface area contributed by atoms with Gasteiger partial charge in [-0.2, -0.15) is 0 Å². The Hall–Kier alpha value is -0.983. The van der Waals surface area contributed by atoms with E-state index in [9.17, 15) is 4.79 Å². The molecule has 1 aromatic rings. The van der Waals surface area contributed by atoms with Crippen LogP contribution in [0.2, 0.25) is 19.6 Å². The van der Waals surface area contributed by atoms with E-state index in [1.165, 1.54) is 0 Å². The molecule has 0 N–H and O–H groups in total. The van der Waals surface area contributed by atoms with Crippen LogP contribution in [0.25, 0.3) is 0 Å². The number of fused-ring (bicyclic) bond motifs is 1. The standard InChI is InChI=1S/C14H16OSSi/c1-5-14(17(2,3)4)10-12(15)11-8-6-7-9-13(11)16-14/h1,6-9H,10H2,2-4H3. The van der Waals surface area contributed by atoms with Crippen molar-refractivity contribution in [1.82, 2.24) is 0 Å². The van der Waals surface area contributed by atoms with Gasteiger partial charge in [-0.1, -0.05) is 43.8 Å². The second-order valence-corrected chi connectivity index (χ2v) is 12.5. The van der Waals surface area contributed by atoms with Crippen LogP contribution in [0.15, 0.2) is 29.2 Å². The summed E-state index contributed by atoms with van der Waals surface area (Å²) in [5, 5.41) is 0. The molecule has 1 aliphatic heterocycles. The van der Waals surface area contributed by atoms with Crippen LogP contribution in [-0.2, 0) is 0 Å². The van der Waals surface area contributed by atoms with Gasteiger partial charge < -0.3 is 0 Å². The third-order valence-corrected chi connectivity index (χ3v) is 9.40. The smallest absolute Gasteiger partial charge is 0.166 e. The van der Waals surface area contributed by atoms with Gasteiger partial charge in [0, 0.05) is 16.9 Å². The quantitative estimate of drug-likeness (QED) is 0.567. The van der Waals surface area contributed by atoms with Crippen LogP contribution in [0.1, 0.15) is 16.8 Å². The van der Waals surface area contributed by atoms with Crippen molar-refractivity contribution in [3.63, 3.8) is 0 Å². The maximum Gasteiger partial charge on any atom is 0.166 e. The molecule has 1 atom stereocenters. The van der Waals surface area contributed by atoms with Crippen molar-refractivity contribution in [3.05, 3.63) is 29.8 Å². The maximum atomic E-state index is 12.2.